The lowest BCUT2D eigenvalue weighted by molar-refractivity contribution is -0.148. The maximum atomic E-state index is 12.7. The molecule has 0 saturated heterocycles. The number of amides is 1. The van der Waals surface area contributed by atoms with Crippen LogP contribution in [0.5, 0.6) is 5.88 Å². The molecule has 1 atom stereocenters. The quantitative estimate of drug-likeness (QED) is 0.622. The number of ether oxygens (including phenoxy) is 1. The lowest BCUT2D eigenvalue weighted by Gasteiger charge is -2.16. The predicted molar refractivity (Wildman–Crippen MR) is 79.1 cm³/mol. The van der Waals surface area contributed by atoms with Gasteiger partial charge in [0.05, 0.1) is 5.56 Å². The largest absolute Gasteiger partial charge is 0.480 e. The second kappa shape index (κ2) is 9.19. The summed E-state index contributed by atoms with van der Waals surface area (Å²) < 4.78 is 54.0. The van der Waals surface area contributed by atoms with Gasteiger partial charge in [0.25, 0.3) is 5.91 Å². The summed E-state index contributed by atoms with van der Waals surface area (Å²) in [6.45, 7) is 0.322. The molecule has 10 heteroatoms. The molecule has 1 heterocycles. The van der Waals surface area contributed by atoms with Gasteiger partial charge < -0.3 is 15.2 Å². The van der Waals surface area contributed by atoms with Gasteiger partial charge in [-0.2, -0.15) is 8.78 Å². The van der Waals surface area contributed by atoms with E-state index in [2.05, 4.69) is 15.0 Å². The lowest BCUT2D eigenvalue weighted by Crippen LogP contribution is -2.40. The zero-order valence-corrected chi connectivity index (χ0v) is 13.3. The first-order valence-corrected chi connectivity index (χ1v) is 7.46. The van der Waals surface area contributed by atoms with Crippen molar-refractivity contribution in [2.24, 2.45) is 0 Å². The van der Waals surface area contributed by atoms with E-state index in [0.29, 0.717) is 6.42 Å². The topological polar surface area (TPSA) is 88.5 Å². The number of nitrogens with zero attached hydrogens (tertiary/aromatic N) is 1. The number of alkyl halides is 4. The minimum Gasteiger partial charge on any atom is -0.480 e. The number of unbranched alkanes of at least 4 members (excludes halogenated alkanes) is 1. The third-order valence-corrected chi connectivity index (χ3v) is 3.18. The highest BCUT2D eigenvalue weighted by Gasteiger charge is 2.41. The van der Waals surface area contributed by atoms with Gasteiger partial charge in [-0.05, 0) is 12.5 Å². The zero-order valence-electron chi connectivity index (χ0n) is 13.3. The van der Waals surface area contributed by atoms with E-state index in [9.17, 15) is 27.2 Å². The summed E-state index contributed by atoms with van der Waals surface area (Å²) in [7, 11) is 0. The van der Waals surface area contributed by atoms with Gasteiger partial charge in [0.1, 0.15) is 6.04 Å². The van der Waals surface area contributed by atoms with Gasteiger partial charge in [-0.3, -0.25) is 4.79 Å². The minimum absolute atomic E-state index is 0.0179. The summed E-state index contributed by atoms with van der Waals surface area (Å²) in [6.07, 6.45) is -1.26. The fourth-order valence-corrected chi connectivity index (χ4v) is 1.74. The molecule has 0 aliphatic heterocycles. The molecule has 0 aliphatic rings. The summed E-state index contributed by atoms with van der Waals surface area (Å²) >= 11 is 0. The maximum absolute atomic E-state index is 12.7. The van der Waals surface area contributed by atoms with Gasteiger partial charge in [0.15, 0.2) is 6.61 Å². The Labute approximate surface area is 141 Å². The molecule has 0 saturated carbocycles. The molecule has 2 N–H and O–H groups in total. The van der Waals surface area contributed by atoms with Crippen molar-refractivity contribution in [2.45, 2.75) is 44.6 Å². The molecular formula is C15H18F4N2O4. The molecule has 1 amide bonds. The van der Waals surface area contributed by atoms with Crippen LogP contribution in [0.1, 0.15) is 36.5 Å². The first kappa shape index (κ1) is 20.7. The van der Waals surface area contributed by atoms with Crippen molar-refractivity contribution in [3.63, 3.8) is 0 Å². The second-order valence-corrected chi connectivity index (χ2v) is 5.24. The molecule has 0 fully saturated rings. The molecule has 0 bridgehead atoms. The number of aromatic nitrogens is 1. The smallest absolute Gasteiger partial charge is 0.340 e. The summed E-state index contributed by atoms with van der Waals surface area (Å²) in [4.78, 5) is 26.6. The van der Waals surface area contributed by atoms with Crippen molar-refractivity contribution in [1.82, 2.24) is 10.3 Å². The molecule has 140 valence electrons. The van der Waals surface area contributed by atoms with Crippen LogP contribution in [0.4, 0.5) is 17.6 Å². The van der Waals surface area contributed by atoms with Crippen LogP contribution in [0.25, 0.3) is 0 Å². The second-order valence-electron chi connectivity index (χ2n) is 5.24. The van der Waals surface area contributed by atoms with Crippen molar-refractivity contribution in [1.29, 1.82) is 0 Å². The van der Waals surface area contributed by atoms with E-state index in [0.717, 1.165) is 24.8 Å². The van der Waals surface area contributed by atoms with E-state index in [1.165, 1.54) is 0 Å². The van der Waals surface area contributed by atoms with E-state index in [4.69, 9.17) is 5.11 Å². The number of nitrogens with one attached hydrogen (secondary N) is 1. The predicted octanol–water partition coefficient (Wildman–Crippen LogP) is 2.73. The summed E-state index contributed by atoms with van der Waals surface area (Å²) in [6, 6.07) is 1.16. The van der Waals surface area contributed by atoms with Crippen molar-refractivity contribution >= 4 is 11.9 Å². The van der Waals surface area contributed by atoms with Crippen LogP contribution in [0, 0.1) is 0 Å². The van der Waals surface area contributed by atoms with Gasteiger partial charge >= 0.3 is 18.3 Å². The van der Waals surface area contributed by atoms with Gasteiger partial charge in [0, 0.05) is 12.3 Å². The number of aliphatic carboxylic acids is 1. The van der Waals surface area contributed by atoms with Crippen LogP contribution < -0.4 is 10.1 Å². The number of hydrogen-bond donors (Lipinski definition) is 2. The Morgan fingerprint density at radius 2 is 2.04 bits per heavy atom. The Hall–Kier alpha value is -2.39. The van der Waals surface area contributed by atoms with E-state index in [1.807, 2.05) is 6.92 Å². The first-order chi connectivity index (χ1) is 11.7. The number of rotatable bonds is 10. The molecule has 0 spiro atoms. The van der Waals surface area contributed by atoms with E-state index in [1.54, 1.807) is 0 Å². The van der Waals surface area contributed by atoms with E-state index in [-0.39, 0.29) is 17.9 Å². The number of carboxylic acids is 1. The van der Waals surface area contributed by atoms with Gasteiger partial charge in [0.2, 0.25) is 5.88 Å². The first-order valence-electron chi connectivity index (χ1n) is 7.46. The zero-order chi connectivity index (χ0) is 19.0. The number of hydrogen-bond acceptors (Lipinski definition) is 4. The molecular weight excluding hydrogens is 348 g/mol. The van der Waals surface area contributed by atoms with Crippen molar-refractivity contribution < 1.29 is 37.0 Å². The number of halogens is 4. The number of carbonyl (C=O) groups excluding carboxylic acids is 1. The summed E-state index contributed by atoms with van der Waals surface area (Å²) in [5.41, 5.74) is -0.0179. The van der Waals surface area contributed by atoms with Crippen LogP contribution in [0.2, 0.25) is 0 Å². The molecule has 0 aliphatic carbocycles. The lowest BCUT2D eigenvalue weighted by atomic mass is 10.1. The normalized spacial score (nSPS) is 12.7. The van der Waals surface area contributed by atoms with Crippen LogP contribution in [0.3, 0.4) is 0 Å². The van der Waals surface area contributed by atoms with Gasteiger partial charge in [-0.1, -0.05) is 19.8 Å². The Morgan fingerprint density at radius 3 is 2.52 bits per heavy atom. The number of pyridine rings is 1. The molecule has 1 aromatic heterocycles. The molecule has 0 radical (unpaired) electrons. The third-order valence-electron chi connectivity index (χ3n) is 3.18. The van der Waals surface area contributed by atoms with Gasteiger partial charge in [-0.25, -0.2) is 18.6 Å². The fourth-order valence-electron chi connectivity index (χ4n) is 1.74. The number of carbonyl (C=O) groups is 2. The Balaban J connectivity index is 2.65. The van der Waals surface area contributed by atoms with E-state index < -0.39 is 36.9 Å². The molecule has 0 unspecified atom stereocenters. The van der Waals surface area contributed by atoms with Crippen LogP contribution in [0.15, 0.2) is 18.3 Å². The SMILES string of the molecule is CCCC[C@H](NC(=O)c1ccc(OCC(F)(F)C(F)F)nc1)C(=O)O. The molecule has 1 aromatic rings. The summed E-state index contributed by atoms with van der Waals surface area (Å²) in [5.74, 6) is -6.56. The standard InChI is InChI=1S/C15H18F4N2O4/c1-2-3-4-10(13(23)24)21-12(22)9-5-6-11(20-7-9)25-8-15(18,19)14(16)17/h5-7,10,14H,2-4,8H2,1H3,(H,21,22)(H,23,24)/t10-/m0/s1. The van der Waals surface area contributed by atoms with Crippen LogP contribution >= 0.6 is 0 Å². The highest BCUT2D eigenvalue weighted by molar-refractivity contribution is 5.96. The van der Waals surface area contributed by atoms with Gasteiger partial charge in [-0.15, -0.1) is 0 Å². The monoisotopic (exact) mass is 366 g/mol. The highest BCUT2D eigenvalue weighted by Crippen LogP contribution is 2.23. The minimum atomic E-state index is -4.31. The number of carboxylic acid groups (broad SMARTS) is 1. The Morgan fingerprint density at radius 1 is 1.36 bits per heavy atom. The van der Waals surface area contributed by atoms with Crippen LogP contribution in [-0.2, 0) is 4.79 Å². The molecule has 1 rings (SSSR count). The van der Waals surface area contributed by atoms with E-state index >= 15 is 0 Å². The van der Waals surface area contributed by atoms with Crippen molar-refractivity contribution in [2.75, 3.05) is 6.61 Å². The molecule has 25 heavy (non-hydrogen) atoms. The molecule has 6 nitrogen and oxygen atoms in total. The van der Waals surface area contributed by atoms with Crippen molar-refractivity contribution in [3.05, 3.63) is 23.9 Å². The molecule has 0 aromatic carbocycles. The average molecular weight is 366 g/mol. The third kappa shape index (κ3) is 6.55. The highest BCUT2D eigenvalue weighted by atomic mass is 19.3. The Bertz CT molecular complexity index is 581. The van der Waals surface area contributed by atoms with Crippen LogP contribution in [-0.4, -0.2) is 47.0 Å². The summed E-state index contributed by atoms with van der Waals surface area (Å²) in [5, 5.41) is 11.4. The average Bonchev–Trinajstić information content (AvgIpc) is 2.56. The Kier molecular flexibility index (Phi) is 7.59. The van der Waals surface area contributed by atoms with Crippen molar-refractivity contribution in [3.8, 4) is 5.88 Å². The fraction of sp³-hybridized carbons (Fsp3) is 0.533. The maximum Gasteiger partial charge on any atom is 0.340 e.